The molecule has 3 amide bonds. The van der Waals surface area contributed by atoms with Gasteiger partial charge >= 0.3 is 5.97 Å². The van der Waals surface area contributed by atoms with E-state index < -0.39 is 29.6 Å². The van der Waals surface area contributed by atoms with Crippen LogP contribution in [0.15, 0.2) is 71.6 Å². The molecule has 1 fully saturated rings. The normalized spacial score (nSPS) is 14.1. The molecule has 0 radical (unpaired) electrons. The van der Waals surface area contributed by atoms with E-state index in [2.05, 4.69) is 10.1 Å². The first-order valence-corrected chi connectivity index (χ1v) is 12.7. The van der Waals surface area contributed by atoms with Crippen LogP contribution in [0.2, 0.25) is 10.0 Å². The van der Waals surface area contributed by atoms with E-state index in [1.807, 2.05) is 18.2 Å². The summed E-state index contributed by atoms with van der Waals surface area (Å²) in [6.07, 6.45) is 1.57. The van der Waals surface area contributed by atoms with E-state index in [1.54, 1.807) is 36.4 Å². The highest BCUT2D eigenvalue weighted by Crippen LogP contribution is 2.32. The van der Waals surface area contributed by atoms with Crippen molar-refractivity contribution in [2.75, 3.05) is 19.0 Å². The van der Waals surface area contributed by atoms with Crippen molar-refractivity contribution in [3.63, 3.8) is 0 Å². The van der Waals surface area contributed by atoms with Gasteiger partial charge in [0.25, 0.3) is 11.1 Å². The van der Waals surface area contributed by atoms with Crippen molar-refractivity contribution in [2.45, 2.75) is 6.61 Å². The van der Waals surface area contributed by atoms with E-state index in [-0.39, 0.29) is 21.2 Å². The average Bonchev–Trinajstić information content (AvgIpc) is 3.16. The van der Waals surface area contributed by atoms with Crippen molar-refractivity contribution in [1.82, 2.24) is 4.90 Å². The largest absolute Gasteiger partial charge is 0.489 e. The summed E-state index contributed by atoms with van der Waals surface area (Å²) in [6.45, 7) is -0.187. The summed E-state index contributed by atoms with van der Waals surface area (Å²) in [6, 6.07) is 18.7. The quantitative estimate of drug-likeness (QED) is 0.260. The van der Waals surface area contributed by atoms with Gasteiger partial charge in [0.1, 0.15) is 18.9 Å². The Morgan fingerprint density at radius 1 is 1.00 bits per heavy atom. The van der Waals surface area contributed by atoms with Gasteiger partial charge in [0.2, 0.25) is 5.91 Å². The predicted octanol–water partition coefficient (Wildman–Crippen LogP) is 6.03. The van der Waals surface area contributed by atoms with Gasteiger partial charge in [-0.15, -0.1) is 0 Å². The van der Waals surface area contributed by atoms with E-state index in [0.717, 1.165) is 22.2 Å². The van der Waals surface area contributed by atoms with E-state index in [0.29, 0.717) is 22.9 Å². The highest BCUT2D eigenvalue weighted by atomic mass is 35.5. The average molecular weight is 571 g/mol. The number of methoxy groups -OCH3 is 1. The number of amides is 3. The third-order valence-corrected chi connectivity index (χ3v) is 6.97. The minimum absolute atomic E-state index is 0.0707. The van der Waals surface area contributed by atoms with Gasteiger partial charge in [0.15, 0.2) is 0 Å². The van der Waals surface area contributed by atoms with Gasteiger partial charge in [-0.2, -0.15) is 0 Å². The van der Waals surface area contributed by atoms with Crippen molar-refractivity contribution >= 4 is 69.8 Å². The van der Waals surface area contributed by atoms with Gasteiger partial charge in [-0.1, -0.05) is 53.5 Å². The van der Waals surface area contributed by atoms with Crippen molar-refractivity contribution in [3.8, 4) is 5.75 Å². The van der Waals surface area contributed by atoms with Crippen molar-refractivity contribution in [3.05, 3.63) is 98.4 Å². The van der Waals surface area contributed by atoms with Crippen LogP contribution in [0.3, 0.4) is 0 Å². The van der Waals surface area contributed by atoms with E-state index in [9.17, 15) is 19.2 Å². The maximum Gasteiger partial charge on any atom is 0.339 e. The van der Waals surface area contributed by atoms with E-state index >= 15 is 0 Å². The molecule has 0 saturated carbocycles. The van der Waals surface area contributed by atoms with Gasteiger partial charge in [0.05, 0.1) is 22.6 Å². The molecule has 11 heteroatoms. The lowest BCUT2D eigenvalue weighted by Gasteiger charge is -2.13. The SMILES string of the molecule is COC(=O)c1cc(NC(=O)CN2C(=O)S/C(=C/c3ccc(OCc4ccccc4Cl)cc3)C2=O)ccc1Cl. The van der Waals surface area contributed by atoms with Crippen LogP contribution in [0.25, 0.3) is 6.08 Å². The molecule has 4 rings (SSSR count). The highest BCUT2D eigenvalue weighted by Gasteiger charge is 2.36. The summed E-state index contributed by atoms with van der Waals surface area (Å²) in [5.41, 5.74) is 1.87. The smallest absolute Gasteiger partial charge is 0.339 e. The number of nitrogens with zero attached hydrogens (tertiary/aromatic N) is 1. The van der Waals surface area contributed by atoms with Crippen LogP contribution < -0.4 is 10.1 Å². The summed E-state index contributed by atoms with van der Waals surface area (Å²) in [5.74, 6) is -1.25. The van der Waals surface area contributed by atoms with Crippen LogP contribution in [0.1, 0.15) is 21.5 Å². The summed E-state index contributed by atoms with van der Waals surface area (Å²) >= 11 is 12.9. The molecule has 0 aromatic heterocycles. The van der Waals surface area contributed by atoms with Crippen LogP contribution in [-0.4, -0.2) is 41.6 Å². The number of hydrogen-bond donors (Lipinski definition) is 1. The number of imide groups is 1. The summed E-state index contributed by atoms with van der Waals surface area (Å²) in [7, 11) is 1.21. The van der Waals surface area contributed by atoms with E-state index in [1.165, 1.54) is 25.3 Å². The Labute approximate surface area is 232 Å². The molecule has 1 N–H and O–H groups in total. The number of esters is 1. The fourth-order valence-electron chi connectivity index (χ4n) is 3.44. The van der Waals surface area contributed by atoms with Crippen molar-refractivity contribution in [2.24, 2.45) is 0 Å². The van der Waals surface area contributed by atoms with Crippen LogP contribution in [-0.2, 0) is 20.9 Å². The minimum atomic E-state index is -0.664. The third kappa shape index (κ3) is 6.55. The number of nitrogens with one attached hydrogen (secondary N) is 1. The Hall–Kier alpha value is -3.79. The maximum atomic E-state index is 12.8. The Kier molecular flexibility index (Phi) is 8.73. The minimum Gasteiger partial charge on any atom is -0.489 e. The Balaban J connectivity index is 1.37. The monoisotopic (exact) mass is 570 g/mol. The number of ether oxygens (including phenoxy) is 2. The lowest BCUT2D eigenvalue weighted by Crippen LogP contribution is -2.36. The van der Waals surface area contributed by atoms with E-state index in [4.69, 9.17) is 27.9 Å². The van der Waals surface area contributed by atoms with Crippen LogP contribution in [0, 0.1) is 0 Å². The number of anilines is 1. The molecule has 0 bridgehead atoms. The van der Waals surface area contributed by atoms with Gasteiger partial charge in [-0.3, -0.25) is 19.3 Å². The summed E-state index contributed by atoms with van der Waals surface area (Å²) in [4.78, 5) is 50.6. The zero-order valence-corrected chi connectivity index (χ0v) is 22.2. The molecule has 0 atom stereocenters. The molecule has 1 aliphatic rings. The first-order chi connectivity index (χ1) is 18.2. The van der Waals surface area contributed by atoms with Gasteiger partial charge in [-0.25, -0.2) is 4.79 Å². The Bertz CT molecular complexity index is 1440. The lowest BCUT2D eigenvalue weighted by molar-refractivity contribution is -0.127. The number of carbonyl (C=O) groups is 4. The topological polar surface area (TPSA) is 102 Å². The molecule has 1 heterocycles. The number of halogens is 2. The first-order valence-electron chi connectivity index (χ1n) is 11.1. The molecule has 194 valence electrons. The lowest BCUT2D eigenvalue weighted by atomic mass is 10.2. The summed E-state index contributed by atoms with van der Waals surface area (Å²) in [5, 5.41) is 2.76. The predicted molar refractivity (Wildman–Crippen MR) is 146 cm³/mol. The molecule has 8 nitrogen and oxygen atoms in total. The molecule has 0 spiro atoms. The van der Waals surface area contributed by atoms with Crippen molar-refractivity contribution < 1.29 is 28.7 Å². The number of hydrogen-bond acceptors (Lipinski definition) is 7. The van der Waals surface area contributed by atoms with Gasteiger partial charge in [0, 0.05) is 16.3 Å². The second-order valence-corrected chi connectivity index (χ2v) is 9.76. The number of benzene rings is 3. The standard InChI is InChI=1S/C27H20Cl2N2O6S/c1-36-26(34)20-13-18(8-11-22(20)29)30-24(32)14-31-25(33)23(38-27(31)35)12-16-6-9-19(10-7-16)37-15-17-4-2-3-5-21(17)28/h2-13H,14-15H2,1H3,(H,30,32)/b23-12+. The number of thioether (sulfide) groups is 1. The first kappa shape index (κ1) is 27.3. The second-order valence-electron chi connectivity index (χ2n) is 7.95. The number of rotatable bonds is 8. The third-order valence-electron chi connectivity index (χ3n) is 5.36. The zero-order valence-electron chi connectivity index (χ0n) is 19.9. The van der Waals surface area contributed by atoms with Crippen molar-refractivity contribution in [1.29, 1.82) is 0 Å². The molecule has 0 unspecified atom stereocenters. The maximum absolute atomic E-state index is 12.8. The zero-order chi connectivity index (χ0) is 27.2. The molecule has 3 aromatic rings. The molecule has 1 saturated heterocycles. The van der Waals surface area contributed by atoms with Gasteiger partial charge in [-0.05, 0) is 59.8 Å². The highest BCUT2D eigenvalue weighted by molar-refractivity contribution is 8.18. The fraction of sp³-hybridized carbons (Fsp3) is 0.111. The molecular formula is C27H20Cl2N2O6S. The van der Waals surface area contributed by atoms with Crippen LogP contribution >= 0.6 is 35.0 Å². The second kappa shape index (κ2) is 12.2. The molecule has 3 aromatic carbocycles. The van der Waals surface area contributed by atoms with Crippen LogP contribution in [0.4, 0.5) is 10.5 Å². The fourth-order valence-corrected chi connectivity index (χ4v) is 4.66. The summed E-state index contributed by atoms with van der Waals surface area (Å²) < 4.78 is 10.4. The Morgan fingerprint density at radius 3 is 2.45 bits per heavy atom. The van der Waals surface area contributed by atoms with Gasteiger partial charge < -0.3 is 14.8 Å². The molecular weight excluding hydrogens is 551 g/mol. The molecule has 0 aliphatic carbocycles. The van der Waals surface area contributed by atoms with Crippen LogP contribution in [0.5, 0.6) is 5.75 Å². The molecule has 1 aliphatic heterocycles. The molecule has 38 heavy (non-hydrogen) atoms. The number of carbonyl (C=O) groups excluding carboxylic acids is 4. The Morgan fingerprint density at radius 2 is 1.74 bits per heavy atom.